The number of likely N-dealkylation sites (tertiary alicyclic amines) is 1. The molecule has 1 heterocycles. The largest absolute Gasteiger partial charge is 0.395 e. The lowest BCUT2D eigenvalue weighted by molar-refractivity contribution is 0.0747. The molecule has 1 aliphatic heterocycles. The first-order chi connectivity index (χ1) is 9.22. The smallest absolute Gasteiger partial charge is 0.254 e. The zero-order chi connectivity index (χ0) is 13.7. The lowest BCUT2D eigenvalue weighted by atomic mass is 10.1. The molecular formula is C16H19NO2. The summed E-state index contributed by atoms with van der Waals surface area (Å²) < 4.78 is 0. The highest BCUT2D eigenvalue weighted by molar-refractivity contribution is 5.95. The molecule has 1 fully saturated rings. The van der Waals surface area contributed by atoms with Crippen LogP contribution in [0.2, 0.25) is 0 Å². The standard InChI is InChI=1S/C16H19NO2/c1-13-6-5-10-17(13)16(19)15-9-4-8-14(12-15)7-2-3-11-18/h4,8-9,12-13,18H,3,5-6,10-11H2,1H3. The third-order valence-corrected chi connectivity index (χ3v) is 3.39. The molecule has 0 aromatic heterocycles. The van der Waals surface area contributed by atoms with Crippen molar-refractivity contribution in [2.24, 2.45) is 0 Å². The SMILES string of the molecule is CC1CCCN1C(=O)c1cccc(C#CCCO)c1. The van der Waals surface area contributed by atoms with Crippen LogP contribution in [0.1, 0.15) is 42.1 Å². The van der Waals surface area contributed by atoms with Crippen molar-refractivity contribution in [2.75, 3.05) is 13.2 Å². The number of aliphatic hydroxyl groups excluding tert-OH is 1. The number of carbonyl (C=O) groups is 1. The summed E-state index contributed by atoms with van der Waals surface area (Å²) in [6.45, 7) is 3.01. The van der Waals surface area contributed by atoms with Crippen molar-refractivity contribution in [3.05, 3.63) is 35.4 Å². The molecule has 0 spiro atoms. The summed E-state index contributed by atoms with van der Waals surface area (Å²) >= 11 is 0. The van der Waals surface area contributed by atoms with E-state index in [1.807, 2.05) is 29.2 Å². The molecule has 100 valence electrons. The molecule has 1 N–H and O–H groups in total. The molecule has 1 amide bonds. The van der Waals surface area contributed by atoms with Crippen LogP contribution in [0.25, 0.3) is 0 Å². The summed E-state index contributed by atoms with van der Waals surface area (Å²) in [4.78, 5) is 14.3. The van der Waals surface area contributed by atoms with Gasteiger partial charge in [0.1, 0.15) is 0 Å². The molecule has 1 aliphatic rings. The molecule has 0 radical (unpaired) electrons. The van der Waals surface area contributed by atoms with Gasteiger partial charge < -0.3 is 10.0 Å². The quantitative estimate of drug-likeness (QED) is 0.824. The first kappa shape index (κ1) is 13.6. The summed E-state index contributed by atoms with van der Waals surface area (Å²) in [6.07, 6.45) is 2.63. The van der Waals surface area contributed by atoms with Crippen LogP contribution in [-0.4, -0.2) is 35.1 Å². The van der Waals surface area contributed by atoms with Gasteiger partial charge in [-0.15, -0.1) is 0 Å². The molecule has 1 atom stereocenters. The molecule has 1 aromatic carbocycles. The van der Waals surface area contributed by atoms with E-state index < -0.39 is 0 Å². The van der Waals surface area contributed by atoms with E-state index in [0.29, 0.717) is 18.0 Å². The number of hydrogen-bond donors (Lipinski definition) is 1. The van der Waals surface area contributed by atoms with Gasteiger partial charge in [-0.25, -0.2) is 0 Å². The normalized spacial score (nSPS) is 18.0. The van der Waals surface area contributed by atoms with Gasteiger partial charge >= 0.3 is 0 Å². The van der Waals surface area contributed by atoms with Crippen LogP contribution >= 0.6 is 0 Å². The highest BCUT2D eigenvalue weighted by Gasteiger charge is 2.25. The third kappa shape index (κ3) is 3.36. The number of rotatable bonds is 2. The maximum atomic E-state index is 12.4. The van der Waals surface area contributed by atoms with Crippen LogP contribution in [0.3, 0.4) is 0 Å². The summed E-state index contributed by atoms with van der Waals surface area (Å²) in [5.74, 6) is 5.93. The maximum absolute atomic E-state index is 12.4. The van der Waals surface area contributed by atoms with Crippen LogP contribution in [0, 0.1) is 11.8 Å². The minimum atomic E-state index is 0.0664. The van der Waals surface area contributed by atoms with Gasteiger partial charge in [-0.05, 0) is 38.0 Å². The lowest BCUT2D eigenvalue weighted by Crippen LogP contribution is -2.33. The Bertz CT molecular complexity index is 513. The summed E-state index contributed by atoms with van der Waals surface area (Å²) in [6, 6.07) is 7.74. The average molecular weight is 257 g/mol. The molecular weight excluding hydrogens is 238 g/mol. The number of hydrogen-bond acceptors (Lipinski definition) is 2. The van der Waals surface area contributed by atoms with Crippen LogP contribution in [-0.2, 0) is 0 Å². The summed E-state index contributed by atoms with van der Waals surface area (Å²) in [7, 11) is 0. The highest BCUT2D eigenvalue weighted by atomic mass is 16.2. The first-order valence-electron chi connectivity index (χ1n) is 6.73. The Kier molecular flexibility index (Phi) is 4.59. The van der Waals surface area contributed by atoms with Crippen molar-refractivity contribution in [1.82, 2.24) is 4.90 Å². The molecule has 0 bridgehead atoms. The Labute approximate surface area is 114 Å². The number of benzene rings is 1. The van der Waals surface area contributed by atoms with Crippen molar-refractivity contribution in [1.29, 1.82) is 0 Å². The van der Waals surface area contributed by atoms with E-state index in [4.69, 9.17) is 5.11 Å². The average Bonchev–Trinajstić information content (AvgIpc) is 2.85. The van der Waals surface area contributed by atoms with Gasteiger partial charge in [0, 0.05) is 30.1 Å². The van der Waals surface area contributed by atoms with Crippen LogP contribution in [0.4, 0.5) is 0 Å². The first-order valence-corrected chi connectivity index (χ1v) is 6.73. The second-order valence-corrected chi connectivity index (χ2v) is 4.85. The predicted octanol–water partition coefficient (Wildman–Crippen LogP) is 2.04. The topological polar surface area (TPSA) is 40.5 Å². The fourth-order valence-corrected chi connectivity index (χ4v) is 2.35. The van der Waals surface area contributed by atoms with Gasteiger partial charge in [0.15, 0.2) is 0 Å². The molecule has 2 rings (SSSR count). The van der Waals surface area contributed by atoms with Gasteiger partial charge in [-0.2, -0.15) is 0 Å². The number of nitrogens with zero attached hydrogens (tertiary/aromatic N) is 1. The molecule has 0 aliphatic carbocycles. The summed E-state index contributed by atoms with van der Waals surface area (Å²) in [5.41, 5.74) is 1.52. The van der Waals surface area contributed by atoms with E-state index in [1.165, 1.54) is 0 Å². The van der Waals surface area contributed by atoms with Gasteiger partial charge in [0.05, 0.1) is 6.61 Å². The number of aliphatic hydroxyl groups is 1. The lowest BCUT2D eigenvalue weighted by Gasteiger charge is -2.21. The predicted molar refractivity (Wildman–Crippen MR) is 74.8 cm³/mol. The Hall–Kier alpha value is -1.79. The Morgan fingerprint density at radius 3 is 3.05 bits per heavy atom. The second-order valence-electron chi connectivity index (χ2n) is 4.85. The molecule has 1 aromatic rings. The molecule has 3 nitrogen and oxygen atoms in total. The fourth-order valence-electron chi connectivity index (χ4n) is 2.35. The van der Waals surface area contributed by atoms with Crippen molar-refractivity contribution in [3.8, 4) is 11.8 Å². The minimum Gasteiger partial charge on any atom is -0.395 e. The van der Waals surface area contributed by atoms with Crippen molar-refractivity contribution >= 4 is 5.91 Å². The fraction of sp³-hybridized carbons (Fsp3) is 0.438. The van der Waals surface area contributed by atoms with Crippen LogP contribution in [0.5, 0.6) is 0 Å². The number of amides is 1. The Balaban J connectivity index is 2.14. The Morgan fingerprint density at radius 2 is 2.37 bits per heavy atom. The van der Waals surface area contributed by atoms with E-state index in [1.54, 1.807) is 0 Å². The molecule has 0 saturated carbocycles. The zero-order valence-electron chi connectivity index (χ0n) is 11.2. The van der Waals surface area contributed by atoms with E-state index in [-0.39, 0.29) is 12.5 Å². The van der Waals surface area contributed by atoms with E-state index >= 15 is 0 Å². The molecule has 1 unspecified atom stereocenters. The summed E-state index contributed by atoms with van der Waals surface area (Å²) in [5, 5.41) is 8.70. The van der Waals surface area contributed by atoms with Crippen LogP contribution in [0.15, 0.2) is 24.3 Å². The van der Waals surface area contributed by atoms with E-state index in [9.17, 15) is 4.79 Å². The van der Waals surface area contributed by atoms with Crippen molar-refractivity contribution in [3.63, 3.8) is 0 Å². The van der Waals surface area contributed by atoms with Gasteiger partial charge in [-0.1, -0.05) is 17.9 Å². The van der Waals surface area contributed by atoms with E-state index in [2.05, 4.69) is 18.8 Å². The molecule has 1 saturated heterocycles. The zero-order valence-corrected chi connectivity index (χ0v) is 11.2. The monoisotopic (exact) mass is 257 g/mol. The van der Waals surface area contributed by atoms with Gasteiger partial charge in [-0.3, -0.25) is 4.79 Å². The van der Waals surface area contributed by atoms with Gasteiger partial charge in [0.2, 0.25) is 0 Å². The van der Waals surface area contributed by atoms with Gasteiger partial charge in [0.25, 0.3) is 5.91 Å². The molecule has 3 heteroatoms. The second kappa shape index (κ2) is 6.40. The minimum absolute atomic E-state index is 0.0664. The van der Waals surface area contributed by atoms with Crippen molar-refractivity contribution < 1.29 is 9.90 Å². The molecule has 19 heavy (non-hydrogen) atoms. The van der Waals surface area contributed by atoms with Crippen molar-refractivity contribution in [2.45, 2.75) is 32.2 Å². The van der Waals surface area contributed by atoms with Crippen LogP contribution < -0.4 is 0 Å². The third-order valence-electron chi connectivity index (χ3n) is 3.39. The maximum Gasteiger partial charge on any atom is 0.254 e. The Morgan fingerprint density at radius 1 is 1.53 bits per heavy atom. The van der Waals surface area contributed by atoms with E-state index in [0.717, 1.165) is 24.9 Å². The highest BCUT2D eigenvalue weighted by Crippen LogP contribution is 2.19. The number of carbonyl (C=O) groups excluding carboxylic acids is 1.